The van der Waals surface area contributed by atoms with Crippen molar-refractivity contribution in [3.8, 4) is 11.3 Å². The van der Waals surface area contributed by atoms with Crippen molar-refractivity contribution in [1.82, 2.24) is 15.2 Å². The first-order valence-electron chi connectivity index (χ1n) is 11.8. The number of nitrogens with zero attached hydrogens (tertiary/aromatic N) is 3. The van der Waals surface area contributed by atoms with Gasteiger partial charge in [-0.1, -0.05) is 44.7 Å². The van der Waals surface area contributed by atoms with Crippen LogP contribution >= 0.6 is 0 Å². The Kier molecular flexibility index (Phi) is 6.87. The van der Waals surface area contributed by atoms with Gasteiger partial charge in [0.1, 0.15) is 5.67 Å². The number of rotatable bonds is 7. The lowest BCUT2D eigenvalue weighted by atomic mass is 9.86. The molecule has 0 unspecified atom stereocenters. The smallest absolute Gasteiger partial charge is 0.147 e. The summed E-state index contributed by atoms with van der Waals surface area (Å²) in [5.74, 6) is 0.746. The molecule has 1 saturated carbocycles. The summed E-state index contributed by atoms with van der Waals surface area (Å²) in [6, 6.07) is 13.9. The third kappa shape index (κ3) is 5.84. The van der Waals surface area contributed by atoms with Gasteiger partial charge in [-0.2, -0.15) is 10.2 Å². The minimum absolute atomic E-state index is 0.385. The van der Waals surface area contributed by atoms with Crippen LogP contribution in [-0.2, 0) is 12.1 Å². The second kappa shape index (κ2) is 9.82. The van der Waals surface area contributed by atoms with E-state index in [0.717, 1.165) is 46.1 Å². The van der Waals surface area contributed by atoms with Crippen molar-refractivity contribution < 1.29 is 4.39 Å². The number of hydrogen-bond donors (Lipinski definition) is 1. The van der Waals surface area contributed by atoms with Gasteiger partial charge in [-0.05, 0) is 75.1 Å². The fourth-order valence-corrected chi connectivity index (χ4v) is 4.46. The molecule has 0 amide bonds. The Morgan fingerprint density at radius 3 is 2.55 bits per heavy atom. The Morgan fingerprint density at radius 2 is 1.85 bits per heavy atom. The number of nitrogens with one attached hydrogen (secondary N) is 1. The van der Waals surface area contributed by atoms with E-state index in [-0.39, 0.29) is 0 Å². The Bertz CT molecular complexity index is 1110. The van der Waals surface area contributed by atoms with E-state index in [2.05, 4.69) is 58.3 Å². The highest BCUT2D eigenvalue weighted by atomic mass is 19.1. The van der Waals surface area contributed by atoms with Crippen LogP contribution in [0.15, 0.2) is 55.2 Å². The monoisotopic (exact) mass is 444 g/mol. The Morgan fingerprint density at radius 1 is 1.06 bits per heavy atom. The van der Waals surface area contributed by atoms with Crippen LogP contribution in [0.2, 0.25) is 0 Å². The van der Waals surface area contributed by atoms with E-state index < -0.39 is 5.67 Å². The van der Waals surface area contributed by atoms with Crippen molar-refractivity contribution in [3.63, 3.8) is 0 Å². The third-order valence-electron chi connectivity index (χ3n) is 6.47. The quantitative estimate of drug-likeness (QED) is 0.417. The summed E-state index contributed by atoms with van der Waals surface area (Å²) in [4.78, 5) is 4.15. The van der Waals surface area contributed by atoms with Gasteiger partial charge in [-0.15, -0.1) is 0 Å². The molecule has 1 aliphatic rings. The number of pyridine rings is 1. The standard InChI is InChI=1S/C28H33FN4/c1-19-10-11-23(31-20(2)22-14-15-30-27(17-22)28(3,4)29)18-25(19)26-13-12-24(32-33-26)16-21-8-6-5-7-9-21/h10-15,17-18,21,31H,2,5-9,16H2,1,3-4H3. The summed E-state index contributed by atoms with van der Waals surface area (Å²) >= 11 is 0. The Balaban J connectivity index is 1.49. The van der Waals surface area contributed by atoms with Crippen LogP contribution in [0.1, 0.15) is 68.5 Å². The zero-order valence-corrected chi connectivity index (χ0v) is 19.9. The highest BCUT2D eigenvalue weighted by molar-refractivity contribution is 5.78. The summed E-state index contributed by atoms with van der Waals surface area (Å²) in [6.45, 7) is 9.23. The van der Waals surface area contributed by atoms with Crippen LogP contribution in [0.5, 0.6) is 0 Å². The molecule has 3 aromatic rings. The molecule has 1 N–H and O–H groups in total. The fraction of sp³-hybridized carbons (Fsp3) is 0.393. The first-order valence-corrected chi connectivity index (χ1v) is 11.8. The molecule has 0 aliphatic heterocycles. The van der Waals surface area contributed by atoms with E-state index in [4.69, 9.17) is 0 Å². The lowest BCUT2D eigenvalue weighted by molar-refractivity contribution is 0.214. The predicted octanol–water partition coefficient (Wildman–Crippen LogP) is 7.26. The summed E-state index contributed by atoms with van der Waals surface area (Å²) in [5.41, 5.74) is 5.37. The first kappa shape index (κ1) is 23.1. The Hall–Kier alpha value is -3.08. The third-order valence-corrected chi connectivity index (χ3v) is 6.47. The van der Waals surface area contributed by atoms with Gasteiger partial charge in [0.2, 0.25) is 0 Å². The van der Waals surface area contributed by atoms with Crippen molar-refractivity contribution in [3.05, 3.63) is 77.8 Å². The van der Waals surface area contributed by atoms with Crippen LogP contribution in [0.25, 0.3) is 17.0 Å². The molecule has 33 heavy (non-hydrogen) atoms. The number of halogens is 1. The fourth-order valence-electron chi connectivity index (χ4n) is 4.46. The summed E-state index contributed by atoms with van der Waals surface area (Å²) < 4.78 is 14.3. The Labute approximate surface area is 196 Å². The second-order valence-electron chi connectivity index (χ2n) is 9.65. The minimum Gasteiger partial charge on any atom is -0.356 e. The lowest BCUT2D eigenvalue weighted by Crippen LogP contribution is -2.12. The number of aromatic nitrogens is 3. The van der Waals surface area contributed by atoms with Crippen LogP contribution in [-0.4, -0.2) is 15.2 Å². The highest BCUT2D eigenvalue weighted by Gasteiger charge is 2.21. The molecule has 1 aromatic carbocycles. The van der Waals surface area contributed by atoms with Crippen molar-refractivity contribution >= 4 is 11.4 Å². The molecular weight excluding hydrogens is 411 g/mol. The number of alkyl halides is 1. The number of hydrogen-bond acceptors (Lipinski definition) is 4. The molecule has 1 aliphatic carbocycles. The molecule has 2 aromatic heterocycles. The van der Waals surface area contributed by atoms with Crippen LogP contribution < -0.4 is 5.32 Å². The molecular formula is C28H33FN4. The minimum atomic E-state index is -1.50. The maximum atomic E-state index is 14.3. The molecule has 0 bridgehead atoms. The van der Waals surface area contributed by atoms with Gasteiger partial charge in [0, 0.05) is 28.7 Å². The normalized spacial score (nSPS) is 14.8. The van der Waals surface area contributed by atoms with Gasteiger partial charge in [-0.3, -0.25) is 4.98 Å². The average molecular weight is 445 g/mol. The number of benzene rings is 1. The van der Waals surface area contributed by atoms with Crippen molar-refractivity contribution in [2.24, 2.45) is 5.92 Å². The van der Waals surface area contributed by atoms with Gasteiger partial charge < -0.3 is 5.32 Å². The molecule has 0 atom stereocenters. The zero-order chi connectivity index (χ0) is 23.4. The molecule has 5 heteroatoms. The van der Waals surface area contributed by atoms with Gasteiger partial charge in [0.05, 0.1) is 17.1 Å². The van der Waals surface area contributed by atoms with E-state index in [0.29, 0.717) is 11.4 Å². The molecule has 172 valence electrons. The second-order valence-corrected chi connectivity index (χ2v) is 9.65. The predicted molar refractivity (Wildman–Crippen MR) is 134 cm³/mol. The molecule has 0 spiro atoms. The van der Waals surface area contributed by atoms with E-state index in [1.807, 2.05) is 12.1 Å². The summed E-state index contributed by atoms with van der Waals surface area (Å²) in [7, 11) is 0. The molecule has 2 heterocycles. The zero-order valence-electron chi connectivity index (χ0n) is 19.9. The van der Waals surface area contributed by atoms with E-state index in [9.17, 15) is 4.39 Å². The maximum Gasteiger partial charge on any atom is 0.147 e. The van der Waals surface area contributed by atoms with Crippen molar-refractivity contribution in [2.45, 2.75) is 65.0 Å². The molecule has 4 nitrogen and oxygen atoms in total. The van der Waals surface area contributed by atoms with E-state index in [1.54, 1.807) is 12.3 Å². The van der Waals surface area contributed by atoms with Crippen LogP contribution in [0.3, 0.4) is 0 Å². The SMILES string of the molecule is C=C(Nc1ccc(C)c(-c2ccc(CC3CCCCC3)nn2)c1)c1ccnc(C(C)(C)F)c1. The lowest BCUT2D eigenvalue weighted by Gasteiger charge is -2.20. The van der Waals surface area contributed by atoms with Crippen molar-refractivity contribution in [1.29, 1.82) is 0 Å². The maximum absolute atomic E-state index is 14.3. The van der Waals surface area contributed by atoms with Crippen LogP contribution in [0, 0.1) is 12.8 Å². The van der Waals surface area contributed by atoms with Gasteiger partial charge in [0.15, 0.2) is 0 Å². The van der Waals surface area contributed by atoms with Gasteiger partial charge >= 0.3 is 0 Å². The highest BCUT2D eigenvalue weighted by Crippen LogP contribution is 2.30. The van der Waals surface area contributed by atoms with Gasteiger partial charge in [0.25, 0.3) is 0 Å². The molecule has 0 saturated heterocycles. The topological polar surface area (TPSA) is 50.7 Å². The number of anilines is 1. The largest absolute Gasteiger partial charge is 0.356 e. The van der Waals surface area contributed by atoms with E-state index >= 15 is 0 Å². The van der Waals surface area contributed by atoms with Crippen molar-refractivity contribution in [2.75, 3.05) is 5.32 Å². The number of aryl methyl sites for hydroxylation is 1. The van der Waals surface area contributed by atoms with E-state index in [1.165, 1.54) is 46.0 Å². The van der Waals surface area contributed by atoms with Crippen LogP contribution in [0.4, 0.5) is 10.1 Å². The molecule has 1 fully saturated rings. The molecule has 4 rings (SSSR count). The average Bonchev–Trinajstić information content (AvgIpc) is 2.81. The first-order chi connectivity index (χ1) is 15.8. The summed E-state index contributed by atoms with van der Waals surface area (Å²) in [6.07, 6.45) is 9.30. The van der Waals surface area contributed by atoms with Gasteiger partial charge in [-0.25, -0.2) is 4.39 Å². The summed E-state index contributed by atoms with van der Waals surface area (Å²) in [5, 5.41) is 12.4. The molecule has 0 radical (unpaired) electrons.